The van der Waals surface area contributed by atoms with Gasteiger partial charge in [0.2, 0.25) is 0 Å². The molecular formula is C13H23NO2. The molecule has 3 heteroatoms. The molecule has 92 valence electrons. The lowest BCUT2D eigenvalue weighted by Crippen LogP contribution is -2.43. The molecule has 1 unspecified atom stereocenters. The zero-order valence-electron chi connectivity index (χ0n) is 10.4. The molecule has 3 nitrogen and oxygen atoms in total. The van der Waals surface area contributed by atoms with E-state index in [-0.39, 0.29) is 11.4 Å². The summed E-state index contributed by atoms with van der Waals surface area (Å²) < 4.78 is 5.42. The zero-order chi connectivity index (χ0) is 11.6. The van der Waals surface area contributed by atoms with Crippen LogP contribution in [0, 0.1) is 17.3 Å². The SMILES string of the molecule is CC(C)(C(=O)OCC1CC1)C1CCCNC1. The van der Waals surface area contributed by atoms with Crippen LogP contribution in [-0.4, -0.2) is 25.7 Å². The van der Waals surface area contributed by atoms with E-state index in [1.54, 1.807) is 0 Å². The summed E-state index contributed by atoms with van der Waals surface area (Å²) in [6.07, 6.45) is 4.78. The van der Waals surface area contributed by atoms with Crippen LogP contribution in [0.25, 0.3) is 0 Å². The molecule has 0 amide bonds. The Balaban J connectivity index is 1.84. The van der Waals surface area contributed by atoms with E-state index in [1.807, 2.05) is 13.8 Å². The van der Waals surface area contributed by atoms with Gasteiger partial charge in [-0.05, 0) is 64.5 Å². The average molecular weight is 225 g/mol. The Bertz CT molecular complexity index is 253. The minimum absolute atomic E-state index is 0.00639. The van der Waals surface area contributed by atoms with E-state index in [2.05, 4.69) is 5.32 Å². The average Bonchev–Trinajstić information content (AvgIpc) is 3.11. The fraction of sp³-hybridized carbons (Fsp3) is 0.923. The molecule has 16 heavy (non-hydrogen) atoms. The predicted octanol–water partition coefficient (Wildman–Crippen LogP) is 1.97. The number of carbonyl (C=O) groups is 1. The van der Waals surface area contributed by atoms with Crippen LogP contribution in [0.5, 0.6) is 0 Å². The molecule has 0 spiro atoms. The number of piperidine rings is 1. The molecule has 2 aliphatic rings. The smallest absolute Gasteiger partial charge is 0.311 e. The van der Waals surface area contributed by atoms with Crippen molar-refractivity contribution in [2.75, 3.05) is 19.7 Å². The standard InChI is InChI=1S/C13H23NO2/c1-13(2,11-4-3-7-14-8-11)12(15)16-9-10-5-6-10/h10-11,14H,3-9H2,1-2H3. The largest absolute Gasteiger partial charge is 0.465 e. The molecule has 1 heterocycles. The Morgan fingerprint density at radius 3 is 2.69 bits per heavy atom. The summed E-state index contributed by atoms with van der Waals surface area (Å²) in [5, 5.41) is 3.37. The molecule has 1 saturated carbocycles. The maximum absolute atomic E-state index is 12.0. The number of ether oxygens (including phenoxy) is 1. The summed E-state index contributed by atoms with van der Waals surface area (Å²) in [5.41, 5.74) is -0.331. The molecule has 1 atom stereocenters. The first kappa shape index (κ1) is 11.9. The molecule has 0 aromatic rings. The molecule has 2 fully saturated rings. The van der Waals surface area contributed by atoms with E-state index in [1.165, 1.54) is 19.3 Å². The summed E-state index contributed by atoms with van der Waals surface area (Å²) in [7, 11) is 0. The molecule has 1 aliphatic heterocycles. The lowest BCUT2D eigenvalue weighted by atomic mass is 9.75. The number of rotatable bonds is 4. The Labute approximate surface area is 97.9 Å². The van der Waals surface area contributed by atoms with Crippen LogP contribution in [0.15, 0.2) is 0 Å². The van der Waals surface area contributed by atoms with E-state index in [9.17, 15) is 4.79 Å². The van der Waals surface area contributed by atoms with E-state index < -0.39 is 0 Å². The highest BCUT2D eigenvalue weighted by atomic mass is 16.5. The molecule has 0 aromatic heterocycles. The highest BCUT2D eigenvalue weighted by Gasteiger charge is 2.39. The second kappa shape index (κ2) is 4.74. The van der Waals surface area contributed by atoms with Crippen molar-refractivity contribution in [3.63, 3.8) is 0 Å². The van der Waals surface area contributed by atoms with Crippen LogP contribution in [0.4, 0.5) is 0 Å². The number of hydrogen-bond acceptors (Lipinski definition) is 3. The van der Waals surface area contributed by atoms with Gasteiger partial charge in [-0.1, -0.05) is 0 Å². The van der Waals surface area contributed by atoms with Gasteiger partial charge in [-0.25, -0.2) is 0 Å². The fourth-order valence-electron chi connectivity index (χ4n) is 2.30. The third-order valence-corrected chi connectivity index (χ3v) is 3.99. The lowest BCUT2D eigenvalue weighted by molar-refractivity contribution is -0.158. The van der Waals surface area contributed by atoms with E-state index in [4.69, 9.17) is 4.74 Å². The topological polar surface area (TPSA) is 38.3 Å². The number of carbonyl (C=O) groups excluding carboxylic acids is 1. The summed E-state index contributed by atoms with van der Waals surface area (Å²) >= 11 is 0. The van der Waals surface area contributed by atoms with Gasteiger partial charge < -0.3 is 10.1 Å². The van der Waals surface area contributed by atoms with Crippen LogP contribution in [0.1, 0.15) is 39.5 Å². The predicted molar refractivity (Wildman–Crippen MR) is 63.1 cm³/mol. The van der Waals surface area contributed by atoms with Crippen molar-refractivity contribution in [3.05, 3.63) is 0 Å². The second-order valence-electron chi connectivity index (χ2n) is 5.81. The summed E-state index contributed by atoms with van der Waals surface area (Å²) in [4.78, 5) is 12.0. The number of hydrogen-bond donors (Lipinski definition) is 1. The van der Waals surface area contributed by atoms with Crippen LogP contribution in [0.2, 0.25) is 0 Å². The van der Waals surface area contributed by atoms with Crippen molar-refractivity contribution in [2.24, 2.45) is 17.3 Å². The van der Waals surface area contributed by atoms with Crippen molar-refractivity contribution in [3.8, 4) is 0 Å². The van der Waals surface area contributed by atoms with Crippen LogP contribution < -0.4 is 5.32 Å². The van der Waals surface area contributed by atoms with Gasteiger partial charge in [0.05, 0.1) is 12.0 Å². The minimum atomic E-state index is -0.331. The Kier molecular flexibility index (Phi) is 3.53. The van der Waals surface area contributed by atoms with Crippen molar-refractivity contribution in [1.82, 2.24) is 5.32 Å². The molecule has 1 aliphatic carbocycles. The maximum Gasteiger partial charge on any atom is 0.311 e. The first-order valence-corrected chi connectivity index (χ1v) is 6.48. The Morgan fingerprint density at radius 1 is 1.38 bits per heavy atom. The third-order valence-electron chi connectivity index (χ3n) is 3.99. The van der Waals surface area contributed by atoms with Gasteiger partial charge in [-0.3, -0.25) is 4.79 Å². The first-order valence-electron chi connectivity index (χ1n) is 6.48. The highest BCUT2D eigenvalue weighted by Crippen LogP contribution is 2.34. The van der Waals surface area contributed by atoms with Gasteiger partial charge in [0, 0.05) is 0 Å². The van der Waals surface area contributed by atoms with Gasteiger partial charge in [-0.15, -0.1) is 0 Å². The van der Waals surface area contributed by atoms with Gasteiger partial charge in [0.25, 0.3) is 0 Å². The zero-order valence-corrected chi connectivity index (χ0v) is 10.4. The minimum Gasteiger partial charge on any atom is -0.465 e. The molecule has 1 saturated heterocycles. The van der Waals surface area contributed by atoms with Crippen LogP contribution in [0.3, 0.4) is 0 Å². The van der Waals surface area contributed by atoms with Crippen molar-refractivity contribution < 1.29 is 9.53 Å². The van der Waals surface area contributed by atoms with Crippen LogP contribution in [-0.2, 0) is 9.53 Å². The highest BCUT2D eigenvalue weighted by molar-refractivity contribution is 5.76. The van der Waals surface area contributed by atoms with E-state index >= 15 is 0 Å². The molecular weight excluding hydrogens is 202 g/mol. The quantitative estimate of drug-likeness (QED) is 0.743. The first-order chi connectivity index (χ1) is 7.60. The molecule has 2 rings (SSSR count). The van der Waals surface area contributed by atoms with E-state index in [0.29, 0.717) is 18.4 Å². The van der Waals surface area contributed by atoms with Gasteiger partial charge in [0.1, 0.15) is 0 Å². The lowest BCUT2D eigenvalue weighted by Gasteiger charge is -2.35. The van der Waals surface area contributed by atoms with Gasteiger partial charge in [0.15, 0.2) is 0 Å². The monoisotopic (exact) mass is 225 g/mol. The third kappa shape index (κ3) is 2.76. The van der Waals surface area contributed by atoms with Crippen LogP contribution >= 0.6 is 0 Å². The Morgan fingerprint density at radius 2 is 2.12 bits per heavy atom. The van der Waals surface area contributed by atoms with Crippen molar-refractivity contribution >= 4 is 5.97 Å². The maximum atomic E-state index is 12.0. The number of nitrogens with one attached hydrogen (secondary N) is 1. The Hall–Kier alpha value is -0.570. The number of esters is 1. The normalized spacial score (nSPS) is 26.5. The van der Waals surface area contributed by atoms with Crippen molar-refractivity contribution in [2.45, 2.75) is 39.5 Å². The van der Waals surface area contributed by atoms with Crippen molar-refractivity contribution in [1.29, 1.82) is 0 Å². The summed E-state index contributed by atoms with van der Waals surface area (Å²) in [6.45, 7) is 6.73. The van der Waals surface area contributed by atoms with Gasteiger partial charge >= 0.3 is 5.97 Å². The molecule has 0 aromatic carbocycles. The van der Waals surface area contributed by atoms with Gasteiger partial charge in [-0.2, -0.15) is 0 Å². The molecule has 1 N–H and O–H groups in total. The summed E-state index contributed by atoms with van der Waals surface area (Å²) in [6, 6.07) is 0. The fourth-order valence-corrected chi connectivity index (χ4v) is 2.30. The van der Waals surface area contributed by atoms with E-state index in [0.717, 1.165) is 19.5 Å². The molecule has 0 bridgehead atoms. The summed E-state index contributed by atoms with van der Waals surface area (Å²) in [5.74, 6) is 1.07. The molecule has 0 radical (unpaired) electrons. The second-order valence-corrected chi connectivity index (χ2v) is 5.81.